The first-order chi connectivity index (χ1) is 14.6. The van der Waals surface area contributed by atoms with Crippen LogP contribution in [0.1, 0.15) is 21.6 Å². The number of carbonyl (C=O) groups is 1. The zero-order valence-corrected chi connectivity index (χ0v) is 17.2. The number of nitrogens with zero attached hydrogens (tertiary/aromatic N) is 1. The molecular formula is C22H13ClF3NO3S. The van der Waals surface area contributed by atoms with Crippen molar-refractivity contribution in [3.63, 3.8) is 0 Å². The smallest absolute Gasteiger partial charge is 0.287 e. The second kappa shape index (κ2) is 7.55. The molecule has 4 rings (SSSR count). The Balaban J connectivity index is 2.03. The molecule has 158 valence electrons. The SMILES string of the molecule is O=C(c1ccc(Cl)cc1)c1cc2ccc(C(F)(F)F)cc2n1S(=O)(=O)c1ccccc1. The summed E-state index contributed by atoms with van der Waals surface area (Å²) in [4.78, 5) is 13.0. The Kier molecular flexibility index (Phi) is 5.15. The molecule has 0 aliphatic rings. The predicted molar refractivity (Wildman–Crippen MR) is 111 cm³/mol. The van der Waals surface area contributed by atoms with Crippen molar-refractivity contribution in [1.82, 2.24) is 3.97 Å². The van der Waals surface area contributed by atoms with Crippen molar-refractivity contribution >= 4 is 38.3 Å². The summed E-state index contributed by atoms with van der Waals surface area (Å²) in [5.74, 6) is -0.666. The predicted octanol–water partition coefficient (Wildman–Crippen LogP) is 5.78. The number of hydrogen-bond acceptors (Lipinski definition) is 3. The van der Waals surface area contributed by atoms with Crippen molar-refractivity contribution in [3.05, 3.63) is 101 Å². The second-order valence-corrected chi connectivity index (χ2v) is 8.94. The van der Waals surface area contributed by atoms with Gasteiger partial charge < -0.3 is 0 Å². The van der Waals surface area contributed by atoms with E-state index in [1.165, 1.54) is 54.6 Å². The van der Waals surface area contributed by atoms with E-state index in [1.807, 2.05) is 0 Å². The van der Waals surface area contributed by atoms with Crippen molar-refractivity contribution in [2.75, 3.05) is 0 Å². The third kappa shape index (κ3) is 3.84. The van der Waals surface area contributed by atoms with E-state index < -0.39 is 27.5 Å². The van der Waals surface area contributed by atoms with Crippen molar-refractivity contribution in [3.8, 4) is 0 Å². The van der Waals surface area contributed by atoms with E-state index in [2.05, 4.69) is 0 Å². The molecule has 9 heteroatoms. The summed E-state index contributed by atoms with van der Waals surface area (Å²) in [6.45, 7) is 0. The van der Waals surface area contributed by atoms with Crippen LogP contribution in [0.4, 0.5) is 13.2 Å². The minimum absolute atomic E-state index is 0.146. The highest BCUT2D eigenvalue weighted by Crippen LogP contribution is 2.34. The Hall–Kier alpha value is -3.10. The fourth-order valence-corrected chi connectivity index (χ4v) is 4.87. The summed E-state index contributed by atoms with van der Waals surface area (Å²) in [6, 6.07) is 17.0. The Morgan fingerprint density at radius 1 is 0.871 bits per heavy atom. The first kappa shape index (κ1) is 21.1. The number of aromatic nitrogens is 1. The van der Waals surface area contributed by atoms with Gasteiger partial charge in [0.25, 0.3) is 10.0 Å². The average Bonchev–Trinajstić information content (AvgIpc) is 3.13. The molecule has 0 radical (unpaired) electrons. The van der Waals surface area contributed by atoms with Gasteiger partial charge in [-0.15, -0.1) is 0 Å². The molecule has 0 aliphatic heterocycles. The molecule has 0 saturated carbocycles. The molecule has 0 unspecified atom stereocenters. The van der Waals surface area contributed by atoms with Gasteiger partial charge in [0.15, 0.2) is 0 Å². The number of rotatable bonds is 4. The maximum atomic E-state index is 13.4. The number of alkyl halides is 3. The third-order valence-electron chi connectivity index (χ3n) is 4.71. The number of carbonyl (C=O) groups excluding carboxylic acids is 1. The van der Waals surface area contributed by atoms with Crippen LogP contribution in [0.5, 0.6) is 0 Å². The first-order valence-electron chi connectivity index (χ1n) is 8.92. The summed E-state index contributed by atoms with van der Waals surface area (Å²) < 4.78 is 67.3. The molecule has 0 amide bonds. The summed E-state index contributed by atoms with van der Waals surface area (Å²) in [7, 11) is -4.37. The van der Waals surface area contributed by atoms with Crippen LogP contribution in [-0.2, 0) is 16.2 Å². The fraction of sp³-hybridized carbons (Fsp3) is 0.0455. The lowest BCUT2D eigenvalue weighted by Crippen LogP contribution is -2.19. The zero-order valence-electron chi connectivity index (χ0n) is 15.6. The standard InChI is InChI=1S/C22H13ClF3NO3S/c23-17-10-7-14(8-11-17)21(28)20-12-15-6-9-16(22(24,25)26)13-19(15)27(20)31(29,30)18-4-2-1-3-5-18/h1-13H. The highest BCUT2D eigenvalue weighted by Gasteiger charge is 2.33. The first-order valence-corrected chi connectivity index (χ1v) is 10.7. The molecule has 0 bridgehead atoms. The van der Waals surface area contributed by atoms with E-state index in [0.717, 1.165) is 18.2 Å². The van der Waals surface area contributed by atoms with Crippen molar-refractivity contribution in [2.45, 2.75) is 11.1 Å². The van der Waals surface area contributed by atoms with E-state index in [-0.39, 0.29) is 27.1 Å². The fourth-order valence-electron chi connectivity index (χ4n) is 3.22. The molecule has 0 aliphatic carbocycles. The molecule has 1 heterocycles. The van der Waals surface area contributed by atoms with Crippen LogP contribution in [0.15, 0.2) is 83.8 Å². The van der Waals surface area contributed by atoms with E-state index in [1.54, 1.807) is 6.07 Å². The van der Waals surface area contributed by atoms with Crippen LogP contribution < -0.4 is 0 Å². The van der Waals surface area contributed by atoms with E-state index in [4.69, 9.17) is 11.6 Å². The van der Waals surface area contributed by atoms with Crippen LogP contribution in [0, 0.1) is 0 Å². The highest BCUT2D eigenvalue weighted by atomic mass is 35.5. The maximum Gasteiger partial charge on any atom is 0.416 e. The van der Waals surface area contributed by atoms with Crippen molar-refractivity contribution in [2.24, 2.45) is 0 Å². The van der Waals surface area contributed by atoms with Gasteiger partial charge in [0.2, 0.25) is 5.78 Å². The van der Waals surface area contributed by atoms with Crippen LogP contribution >= 0.6 is 11.6 Å². The van der Waals surface area contributed by atoms with Crippen molar-refractivity contribution in [1.29, 1.82) is 0 Å². The lowest BCUT2D eigenvalue weighted by Gasteiger charge is -2.13. The number of hydrogen-bond donors (Lipinski definition) is 0. The number of ketones is 1. The van der Waals surface area contributed by atoms with Crippen LogP contribution in [0.25, 0.3) is 10.9 Å². The lowest BCUT2D eigenvalue weighted by atomic mass is 10.1. The minimum atomic E-state index is -4.68. The third-order valence-corrected chi connectivity index (χ3v) is 6.70. The summed E-state index contributed by atoms with van der Waals surface area (Å²) in [5.41, 5.74) is -1.39. The maximum absolute atomic E-state index is 13.4. The molecular weight excluding hydrogens is 451 g/mol. The summed E-state index contributed by atoms with van der Waals surface area (Å²) >= 11 is 5.85. The average molecular weight is 464 g/mol. The quantitative estimate of drug-likeness (QED) is 0.360. The van der Waals surface area contributed by atoms with Gasteiger partial charge in [0.05, 0.1) is 16.0 Å². The Morgan fingerprint density at radius 3 is 2.13 bits per heavy atom. The molecule has 3 aromatic carbocycles. The Morgan fingerprint density at radius 2 is 1.52 bits per heavy atom. The molecule has 4 nitrogen and oxygen atoms in total. The molecule has 0 spiro atoms. The van der Waals surface area contributed by atoms with Gasteiger partial charge in [-0.25, -0.2) is 12.4 Å². The second-order valence-electron chi connectivity index (χ2n) is 6.72. The number of halogens is 4. The molecule has 4 aromatic rings. The van der Waals surface area contributed by atoms with Gasteiger partial charge in [0.1, 0.15) is 5.69 Å². The lowest BCUT2D eigenvalue weighted by molar-refractivity contribution is -0.137. The van der Waals surface area contributed by atoms with Crippen molar-refractivity contribution < 1.29 is 26.4 Å². The van der Waals surface area contributed by atoms with Gasteiger partial charge in [-0.3, -0.25) is 4.79 Å². The van der Waals surface area contributed by atoms with E-state index >= 15 is 0 Å². The molecule has 0 N–H and O–H groups in total. The highest BCUT2D eigenvalue weighted by molar-refractivity contribution is 7.90. The zero-order chi connectivity index (χ0) is 22.4. The Labute approximate surface area is 180 Å². The summed E-state index contributed by atoms with van der Waals surface area (Å²) in [6.07, 6.45) is -4.68. The normalized spacial score (nSPS) is 12.3. The largest absolute Gasteiger partial charge is 0.416 e. The Bertz CT molecular complexity index is 1390. The van der Waals surface area contributed by atoms with Gasteiger partial charge in [-0.1, -0.05) is 35.9 Å². The summed E-state index contributed by atoms with van der Waals surface area (Å²) in [5, 5.41) is 0.564. The van der Waals surface area contributed by atoms with Gasteiger partial charge in [-0.05, 0) is 54.6 Å². The van der Waals surface area contributed by atoms with Crippen LogP contribution in [0.3, 0.4) is 0 Å². The number of benzene rings is 3. The molecule has 0 fully saturated rings. The van der Waals surface area contributed by atoms with Gasteiger partial charge in [0, 0.05) is 16.0 Å². The molecule has 0 atom stereocenters. The molecule has 1 aromatic heterocycles. The monoisotopic (exact) mass is 463 g/mol. The molecule has 0 saturated heterocycles. The molecule has 31 heavy (non-hydrogen) atoms. The number of fused-ring (bicyclic) bond motifs is 1. The minimum Gasteiger partial charge on any atom is -0.287 e. The van der Waals surface area contributed by atoms with Gasteiger partial charge >= 0.3 is 6.18 Å². The van der Waals surface area contributed by atoms with E-state index in [9.17, 15) is 26.4 Å². The van der Waals surface area contributed by atoms with Gasteiger partial charge in [-0.2, -0.15) is 13.2 Å². The van der Waals surface area contributed by atoms with Crippen LogP contribution in [0.2, 0.25) is 5.02 Å². The topological polar surface area (TPSA) is 56.1 Å². The van der Waals surface area contributed by atoms with Crippen LogP contribution in [-0.4, -0.2) is 18.2 Å². The van der Waals surface area contributed by atoms with E-state index in [0.29, 0.717) is 9.00 Å².